The first kappa shape index (κ1) is 13.6. The third-order valence-electron chi connectivity index (χ3n) is 4.03. The van der Waals surface area contributed by atoms with Crippen molar-refractivity contribution in [3.05, 3.63) is 46.5 Å². The quantitative estimate of drug-likeness (QED) is 0.874. The second-order valence-corrected chi connectivity index (χ2v) is 6.75. The third-order valence-corrected chi connectivity index (χ3v) is 5.12. The second-order valence-electron chi connectivity index (χ2n) is 5.67. The number of nitrogens with one attached hydrogen (secondary N) is 1. The van der Waals surface area contributed by atoms with Gasteiger partial charge in [0.25, 0.3) is 0 Å². The molecule has 0 atom stereocenters. The fraction of sp³-hybridized carbons (Fsp3) is 0.471. The summed E-state index contributed by atoms with van der Waals surface area (Å²) in [7, 11) is 0. The maximum Gasteiger partial charge on any atom is 0.183 e. The zero-order valence-electron chi connectivity index (χ0n) is 12.1. The van der Waals surface area contributed by atoms with Crippen LogP contribution in [0.2, 0.25) is 0 Å². The first-order valence-corrected chi connectivity index (χ1v) is 8.39. The van der Waals surface area contributed by atoms with Gasteiger partial charge in [0.05, 0.1) is 5.69 Å². The first-order chi connectivity index (χ1) is 9.81. The standard InChI is InChI=1S/C17H22N2S/c1-13-16(12-14-8-4-2-5-9-14)20-17(18-13)19-15-10-6-3-7-11-15/h2,4-5,8-9,15H,3,6-7,10-12H2,1H3,(H,18,19). The summed E-state index contributed by atoms with van der Waals surface area (Å²) in [6.07, 6.45) is 7.71. The minimum absolute atomic E-state index is 0.638. The molecule has 1 N–H and O–H groups in total. The molecular weight excluding hydrogens is 264 g/mol. The Kier molecular flexibility index (Phi) is 4.36. The molecule has 2 aromatic rings. The molecule has 0 radical (unpaired) electrons. The van der Waals surface area contributed by atoms with E-state index in [2.05, 4.69) is 42.6 Å². The highest BCUT2D eigenvalue weighted by Gasteiger charge is 2.15. The van der Waals surface area contributed by atoms with Gasteiger partial charge in [-0.15, -0.1) is 11.3 Å². The number of anilines is 1. The number of hydrogen-bond donors (Lipinski definition) is 1. The van der Waals surface area contributed by atoms with Crippen LogP contribution in [0.15, 0.2) is 30.3 Å². The van der Waals surface area contributed by atoms with E-state index in [9.17, 15) is 0 Å². The molecule has 0 saturated heterocycles. The number of nitrogens with zero attached hydrogens (tertiary/aromatic N) is 1. The van der Waals surface area contributed by atoms with Crippen LogP contribution >= 0.6 is 11.3 Å². The maximum atomic E-state index is 4.71. The van der Waals surface area contributed by atoms with Gasteiger partial charge in [0.1, 0.15) is 0 Å². The van der Waals surface area contributed by atoms with Gasteiger partial charge < -0.3 is 5.32 Å². The van der Waals surface area contributed by atoms with E-state index in [1.807, 2.05) is 11.3 Å². The number of benzene rings is 1. The third kappa shape index (κ3) is 3.40. The molecule has 2 nitrogen and oxygen atoms in total. The van der Waals surface area contributed by atoms with Crippen molar-refractivity contribution in [3.63, 3.8) is 0 Å². The number of aryl methyl sites for hydroxylation is 1. The average Bonchev–Trinajstić information content (AvgIpc) is 2.81. The lowest BCUT2D eigenvalue weighted by Crippen LogP contribution is -2.21. The normalized spacial score (nSPS) is 16.2. The van der Waals surface area contributed by atoms with Gasteiger partial charge in [-0.3, -0.25) is 0 Å². The Morgan fingerprint density at radius 3 is 2.65 bits per heavy atom. The van der Waals surface area contributed by atoms with Crippen LogP contribution in [0.25, 0.3) is 0 Å². The summed E-state index contributed by atoms with van der Waals surface area (Å²) in [5, 5.41) is 4.75. The van der Waals surface area contributed by atoms with Crippen molar-refractivity contribution in [3.8, 4) is 0 Å². The Labute approximate surface area is 125 Å². The number of thiazole rings is 1. The fourth-order valence-electron chi connectivity index (χ4n) is 2.86. The topological polar surface area (TPSA) is 24.9 Å². The van der Waals surface area contributed by atoms with Crippen molar-refractivity contribution in [1.82, 2.24) is 4.98 Å². The Morgan fingerprint density at radius 1 is 1.15 bits per heavy atom. The molecule has 0 bridgehead atoms. The number of aromatic nitrogens is 1. The zero-order valence-corrected chi connectivity index (χ0v) is 12.9. The van der Waals surface area contributed by atoms with E-state index in [0.717, 1.165) is 11.6 Å². The van der Waals surface area contributed by atoms with E-state index >= 15 is 0 Å². The Balaban J connectivity index is 1.67. The van der Waals surface area contributed by atoms with Crippen molar-refractivity contribution in [1.29, 1.82) is 0 Å². The largest absolute Gasteiger partial charge is 0.359 e. The molecule has 0 unspecified atom stereocenters. The van der Waals surface area contributed by atoms with Crippen molar-refractivity contribution in [2.75, 3.05) is 5.32 Å². The molecule has 106 valence electrons. The molecule has 1 aromatic heterocycles. The molecule has 0 amide bonds. The Hall–Kier alpha value is -1.35. The summed E-state index contributed by atoms with van der Waals surface area (Å²) in [4.78, 5) is 6.09. The zero-order chi connectivity index (χ0) is 13.8. The van der Waals surface area contributed by atoms with Crippen molar-refractivity contribution >= 4 is 16.5 Å². The van der Waals surface area contributed by atoms with Crippen LogP contribution in [0.3, 0.4) is 0 Å². The molecule has 1 aromatic carbocycles. The molecule has 1 aliphatic rings. The second kappa shape index (κ2) is 6.40. The molecule has 3 heteroatoms. The summed E-state index contributed by atoms with van der Waals surface area (Å²) < 4.78 is 0. The minimum Gasteiger partial charge on any atom is -0.359 e. The highest BCUT2D eigenvalue weighted by Crippen LogP contribution is 2.28. The number of hydrogen-bond acceptors (Lipinski definition) is 3. The predicted octanol–water partition coefficient (Wildman–Crippen LogP) is 4.79. The van der Waals surface area contributed by atoms with E-state index in [1.165, 1.54) is 48.2 Å². The summed E-state index contributed by atoms with van der Waals surface area (Å²) in [6.45, 7) is 2.13. The smallest absolute Gasteiger partial charge is 0.183 e. The highest BCUT2D eigenvalue weighted by molar-refractivity contribution is 7.15. The molecule has 1 fully saturated rings. The van der Waals surface area contributed by atoms with E-state index in [4.69, 9.17) is 4.98 Å². The van der Waals surface area contributed by atoms with Crippen molar-refractivity contribution in [2.45, 2.75) is 51.5 Å². The molecule has 3 rings (SSSR count). The van der Waals surface area contributed by atoms with Gasteiger partial charge in [-0.2, -0.15) is 0 Å². The molecule has 0 spiro atoms. The van der Waals surface area contributed by atoms with Gasteiger partial charge >= 0.3 is 0 Å². The van der Waals surface area contributed by atoms with Crippen LogP contribution in [0.4, 0.5) is 5.13 Å². The van der Waals surface area contributed by atoms with Gasteiger partial charge in [-0.05, 0) is 25.3 Å². The summed E-state index contributed by atoms with van der Waals surface area (Å²) in [5.74, 6) is 0. The van der Waals surface area contributed by atoms with Gasteiger partial charge in [-0.1, -0.05) is 49.6 Å². The van der Waals surface area contributed by atoms with Crippen LogP contribution in [0, 0.1) is 6.92 Å². The summed E-state index contributed by atoms with van der Waals surface area (Å²) in [5.41, 5.74) is 2.54. The van der Waals surface area contributed by atoms with Crippen LogP contribution in [0.5, 0.6) is 0 Å². The van der Waals surface area contributed by atoms with Gasteiger partial charge in [0.2, 0.25) is 0 Å². The molecule has 0 aliphatic heterocycles. The summed E-state index contributed by atoms with van der Waals surface area (Å²) in [6, 6.07) is 11.3. The average molecular weight is 286 g/mol. The van der Waals surface area contributed by atoms with Crippen LogP contribution in [-0.2, 0) is 6.42 Å². The maximum absolute atomic E-state index is 4.71. The van der Waals surface area contributed by atoms with E-state index in [0.29, 0.717) is 6.04 Å². The number of rotatable bonds is 4. The lowest BCUT2D eigenvalue weighted by molar-refractivity contribution is 0.462. The van der Waals surface area contributed by atoms with Crippen LogP contribution < -0.4 is 5.32 Å². The van der Waals surface area contributed by atoms with Gasteiger partial charge in [0.15, 0.2) is 5.13 Å². The monoisotopic (exact) mass is 286 g/mol. The SMILES string of the molecule is Cc1nc(NC2CCCCC2)sc1Cc1ccccc1. The van der Waals surface area contributed by atoms with Gasteiger partial charge in [0, 0.05) is 17.3 Å². The van der Waals surface area contributed by atoms with Crippen LogP contribution in [-0.4, -0.2) is 11.0 Å². The lowest BCUT2D eigenvalue weighted by atomic mass is 9.96. The molecule has 1 saturated carbocycles. The molecular formula is C17H22N2S. The molecule has 20 heavy (non-hydrogen) atoms. The van der Waals surface area contributed by atoms with Gasteiger partial charge in [-0.25, -0.2) is 4.98 Å². The van der Waals surface area contributed by atoms with E-state index in [-0.39, 0.29) is 0 Å². The predicted molar refractivity (Wildman–Crippen MR) is 86.6 cm³/mol. The molecule has 1 aliphatic carbocycles. The van der Waals surface area contributed by atoms with Crippen LogP contribution in [0.1, 0.15) is 48.2 Å². The fourth-order valence-corrected chi connectivity index (χ4v) is 3.93. The molecule has 1 heterocycles. The van der Waals surface area contributed by atoms with E-state index in [1.54, 1.807) is 0 Å². The van der Waals surface area contributed by atoms with Crippen molar-refractivity contribution < 1.29 is 0 Å². The Bertz CT molecular complexity index is 541. The van der Waals surface area contributed by atoms with Crippen molar-refractivity contribution in [2.24, 2.45) is 0 Å². The summed E-state index contributed by atoms with van der Waals surface area (Å²) >= 11 is 1.83. The minimum atomic E-state index is 0.638. The first-order valence-electron chi connectivity index (χ1n) is 7.58. The van der Waals surface area contributed by atoms with E-state index < -0.39 is 0 Å². The highest BCUT2D eigenvalue weighted by atomic mass is 32.1. The Morgan fingerprint density at radius 2 is 1.90 bits per heavy atom. The lowest BCUT2D eigenvalue weighted by Gasteiger charge is -2.22.